The zero-order chi connectivity index (χ0) is 14.9. The Kier molecular flexibility index (Phi) is 3.70. The van der Waals surface area contributed by atoms with Crippen LogP contribution < -0.4 is 5.32 Å². The zero-order valence-corrected chi connectivity index (χ0v) is 12.6. The van der Waals surface area contributed by atoms with Crippen LogP contribution in [0.5, 0.6) is 0 Å². The normalized spacial score (nSPS) is 30.9. The van der Waals surface area contributed by atoms with Crippen LogP contribution in [0.2, 0.25) is 0 Å². The van der Waals surface area contributed by atoms with Crippen molar-refractivity contribution in [2.45, 2.75) is 25.4 Å². The quantitative estimate of drug-likeness (QED) is 0.904. The first-order valence-electron chi connectivity index (χ1n) is 8.22. The van der Waals surface area contributed by atoms with Crippen molar-refractivity contribution in [2.24, 2.45) is 17.8 Å². The van der Waals surface area contributed by atoms with Gasteiger partial charge in [-0.15, -0.1) is 0 Å². The topological polar surface area (TPSA) is 67.3 Å². The number of carbonyl (C=O) groups excluding carboxylic acids is 1. The minimum atomic E-state index is 0.142. The molecule has 0 bridgehead atoms. The lowest BCUT2D eigenvalue weighted by Crippen LogP contribution is -2.46. The van der Waals surface area contributed by atoms with E-state index in [0.717, 1.165) is 39.0 Å². The van der Waals surface area contributed by atoms with Crippen molar-refractivity contribution in [2.75, 3.05) is 31.6 Å². The molecule has 6 nitrogen and oxygen atoms in total. The predicted octanol–water partition coefficient (Wildman–Crippen LogP) is 1.16. The highest BCUT2D eigenvalue weighted by atomic mass is 16.5. The third-order valence-electron chi connectivity index (χ3n) is 5.07. The molecule has 0 spiro atoms. The highest BCUT2D eigenvalue weighted by molar-refractivity contribution is 5.81. The lowest BCUT2D eigenvalue weighted by molar-refractivity contribution is -0.135. The molecule has 118 valence electrons. The van der Waals surface area contributed by atoms with Gasteiger partial charge >= 0.3 is 0 Å². The summed E-state index contributed by atoms with van der Waals surface area (Å²) in [5.41, 5.74) is 0. The van der Waals surface area contributed by atoms with Gasteiger partial charge < -0.3 is 15.0 Å². The maximum atomic E-state index is 12.3. The number of amides is 1. The van der Waals surface area contributed by atoms with E-state index in [0.29, 0.717) is 36.2 Å². The Morgan fingerprint density at radius 3 is 2.91 bits per heavy atom. The molecule has 3 heterocycles. The van der Waals surface area contributed by atoms with Crippen molar-refractivity contribution in [3.8, 4) is 0 Å². The van der Waals surface area contributed by atoms with Crippen molar-refractivity contribution >= 4 is 11.9 Å². The fourth-order valence-corrected chi connectivity index (χ4v) is 3.61. The second-order valence-corrected chi connectivity index (χ2v) is 6.60. The second-order valence-electron chi connectivity index (χ2n) is 6.60. The maximum absolute atomic E-state index is 12.3. The number of hydrogen-bond acceptors (Lipinski definition) is 5. The summed E-state index contributed by atoms with van der Waals surface area (Å²) in [7, 11) is 0. The molecule has 2 saturated heterocycles. The molecule has 3 atom stereocenters. The van der Waals surface area contributed by atoms with E-state index in [1.807, 2.05) is 0 Å². The number of nitrogens with one attached hydrogen (secondary N) is 1. The SMILES string of the molecule is O=C(C1CC1)N1CC[C@H]2CO[C@H](CNc3ncccn3)[C@H]2C1. The molecule has 1 aromatic heterocycles. The Morgan fingerprint density at radius 2 is 2.14 bits per heavy atom. The van der Waals surface area contributed by atoms with E-state index in [2.05, 4.69) is 20.2 Å². The molecule has 6 heteroatoms. The summed E-state index contributed by atoms with van der Waals surface area (Å²) in [5.74, 6) is 2.34. The van der Waals surface area contributed by atoms with E-state index in [1.165, 1.54) is 0 Å². The Hall–Kier alpha value is -1.69. The smallest absolute Gasteiger partial charge is 0.225 e. The van der Waals surface area contributed by atoms with Crippen molar-refractivity contribution in [3.63, 3.8) is 0 Å². The van der Waals surface area contributed by atoms with E-state index in [9.17, 15) is 4.79 Å². The summed E-state index contributed by atoms with van der Waals surface area (Å²) in [6.45, 7) is 3.28. The van der Waals surface area contributed by atoms with Gasteiger partial charge in [-0.05, 0) is 31.2 Å². The van der Waals surface area contributed by atoms with Gasteiger partial charge in [-0.3, -0.25) is 4.79 Å². The molecule has 2 aliphatic heterocycles. The molecule has 1 aliphatic carbocycles. The number of likely N-dealkylation sites (tertiary alicyclic amines) is 1. The van der Waals surface area contributed by atoms with Crippen LogP contribution in [0.4, 0.5) is 5.95 Å². The summed E-state index contributed by atoms with van der Waals surface area (Å²) in [6, 6.07) is 1.80. The maximum Gasteiger partial charge on any atom is 0.225 e. The van der Waals surface area contributed by atoms with Gasteiger partial charge in [0, 0.05) is 43.9 Å². The van der Waals surface area contributed by atoms with E-state index in [1.54, 1.807) is 18.5 Å². The number of piperidine rings is 1. The minimum Gasteiger partial charge on any atom is -0.376 e. The number of rotatable bonds is 4. The molecule has 0 aromatic carbocycles. The number of anilines is 1. The lowest BCUT2D eigenvalue weighted by atomic mass is 9.84. The average molecular weight is 302 g/mol. The van der Waals surface area contributed by atoms with Gasteiger partial charge in [0.05, 0.1) is 12.7 Å². The fourth-order valence-electron chi connectivity index (χ4n) is 3.61. The van der Waals surface area contributed by atoms with Crippen LogP contribution >= 0.6 is 0 Å². The van der Waals surface area contributed by atoms with Crippen molar-refractivity contribution in [1.82, 2.24) is 14.9 Å². The number of fused-ring (bicyclic) bond motifs is 1. The van der Waals surface area contributed by atoms with Crippen LogP contribution in [-0.2, 0) is 9.53 Å². The molecule has 4 rings (SSSR count). The molecule has 1 amide bonds. The van der Waals surface area contributed by atoms with E-state index in [4.69, 9.17) is 4.74 Å². The van der Waals surface area contributed by atoms with Crippen LogP contribution in [0, 0.1) is 17.8 Å². The van der Waals surface area contributed by atoms with Gasteiger partial charge in [-0.25, -0.2) is 9.97 Å². The lowest BCUT2D eigenvalue weighted by Gasteiger charge is -2.36. The summed E-state index contributed by atoms with van der Waals surface area (Å²) < 4.78 is 5.97. The van der Waals surface area contributed by atoms with E-state index < -0.39 is 0 Å². The monoisotopic (exact) mass is 302 g/mol. The summed E-state index contributed by atoms with van der Waals surface area (Å²) in [4.78, 5) is 22.7. The molecule has 3 fully saturated rings. The molecular weight excluding hydrogens is 280 g/mol. The van der Waals surface area contributed by atoms with E-state index >= 15 is 0 Å². The molecule has 0 unspecified atom stereocenters. The number of aromatic nitrogens is 2. The molecule has 1 saturated carbocycles. The summed E-state index contributed by atoms with van der Waals surface area (Å²) in [5, 5.41) is 3.25. The van der Waals surface area contributed by atoms with Crippen molar-refractivity contribution < 1.29 is 9.53 Å². The molecule has 0 radical (unpaired) electrons. The minimum absolute atomic E-state index is 0.142. The first-order chi connectivity index (χ1) is 10.8. The largest absolute Gasteiger partial charge is 0.376 e. The zero-order valence-electron chi connectivity index (χ0n) is 12.6. The Morgan fingerprint density at radius 1 is 1.32 bits per heavy atom. The highest BCUT2D eigenvalue weighted by Gasteiger charge is 2.44. The Bertz CT molecular complexity index is 534. The molecule has 1 N–H and O–H groups in total. The number of carbonyl (C=O) groups is 1. The molecule has 22 heavy (non-hydrogen) atoms. The van der Waals surface area contributed by atoms with Crippen molar-refractivity contribution in [3.05, 3.63) is 18.5 Å². The third kappa shape index (κ3) is 2.79. The van der Waals surface area contributed by atoms with Gasteiger partial charge in [-0.2, -0.15) is 0 Å². The first-order valence-corrected chi connectivity index (χ1v) is 8.22. The molecular formula is C16H22N4O2. The van der Waals surface area contributed by atoms with Gasteiger partial charge in [0.2, 0.25) is 11.9 Å². The van der Waals surface area contributed by atoms with Gasteiger partial charge in [0.25, 0.3) is 0 Å². The summed E-state index contributed by atoms with van der Waals surface area (Å²) in [6.07, 6.45) is 6.83. The van der Waals surface area contributed by atoms with Gasteiger partial charge in [-0.1, -0.05) is 0 Å². The highest BCUT2D eigenvalue weighted by Crippen LogP contribution is 2.37. The first kappa shape index (κ1) is 13.9. The van der Waals surface area contributed by atoms with Crippen LogP contribution in [0.3, 0.4) is 0 Å². The Balaban J connectivity index is 1.36. The van der Waals surface area contributed by atoms with Gasteiger partial charge in [0.1, 0.15) is 0 Å². The molecule has 1 aromatic rings. The van der Waals surface area contributed by atoms with E-state index in [-0.39, 0.29) is 6.10 Å². The summed E-state index contributed by atoms with van der Waals surface area (Å²) >= 11 is 0. The van der Waals surface area contributed by atoms with Crippen LogP contribution in [0.1, 0.15) is 19.3 Å². The third-order valence-corrected chi connectivity index (χ3v) is 5.07. The number of ether oxygens (including phenoxy) is 1. The van der Waals surface area contributed by atoms with Crippen molar-refractivity contribution in [1.29, 1.82) is 0 Å². The molecule has 3 aliphatic rings. The number of hydrogen-bond donors (Lipinski definition) is 1. The number of nitrogens with zero attached hydrogens (tertiary/aromatic N) is 3. The van der Waals surface area contributed by atoms with Crippen LogP contribution in [-0.4, -0.2) is 53.1 Å². The van der Waals surface area contributed by atoms with Crippen LogP contribution in [0.15, 0.2) is 18.5 Å². The average Bonchev–Trinajstić information content (AvgIpc) is 3.34. The second kappa shape index (κ2) is 5.83. The standard InChI is InChI=1S/C16H22N4O2/c21-15(11-2-3-11)20-7-4-12-10-22-14(13(12)9-20)8-19-16-17-5-1-6-18-16/h1,5-6,11-14H,2-4,7-10H2,(H,17,18,19)/t12-,13-,14+/m0/s1. The Labute approximate surface area is 130 Å². The van der Waals surface area contributed by atoms with Crippen LogP contribution in [0.25, 0.3) is 0 Å². The van der Waals surface area contributed by atoms with Gasteiger partial charge in [0.15, 0.2) is 0 Å². The fraction of sp³-hybridized carbons (Fsp3) is 0.688. The predicted molar refractivity (Wildman–Crippen MR) is 81.2 cm³/mol.